The van der Waals surface area contributed by atoms with Gasteiger partial charge in [0.15, 0.2) is 0 Å². The zero-order valence-corrected chi connectivity index (χ0v) is 22.0. The molecule has 1 aromatic carbocycles. The summed E-state index contributed by atoms with van der Waals surface area (Å²) in [5.74, 6) is 0.0519. The molecule has 0 aromatic heterocycles. The van der Waals surface area contributed by atoms with Crippen LogP contribution in [0, 0.1) is 5.82 Å². The van der Waals surface area contributed by atoms with Crippen LogP contribution in [0.4, 0.5) is 14.9 Å². The van der Waals surface area contributed by atoms with Crippen molar-refractivity contribution in [2.75, 3.05) is 18.4 Å². The highest BCUT2D eigenvalue weighted by molar-refractivity contribution is 6.82. The van der Waals surface area contributed by atoms with E-state index in [-0.39, 0.29) is 26.7 Å². The molecule has 3 amide bonds. The SMILES string of the molecule is CC1(C)C2=C(CN1C(=O)Nc1c(Cl)cc(F)cc1Cl)C(NC(=O)C1([Si](C)(C)C)CCC1)=NC2. The second-order valence-corrected chi connectivity index (χ2v) is 16.9. The van der Waals surface area contributed by atoms with Gasteiger partial charge in [-0.1, -0.05) is 49.3 Å². The predicted octanol–water partition coefficient (Wildman–Crippen LogP) is 5.85. The molecule has 10 heteroatoms. The first-order valence-electron chi connectivity index (χ1n) is 11.1. The van der Waals surface area contributed by atoms with E-state index in [1.807, 2.05) is 13.8 Å². The summed E-state index contributed by atoms with van der Waals surface area (Å²) in [5, 5.41) is 5.62. The summed E-state index contributed by atoms with van der Waals surface area (Å²) in [6.45, 7) is 11.3. The van der Waals surface area contributed by atoms with Crippen molar-refractivity contribution in [3.63, 3.8) is 0 Å². The Labute approximate surface area is 204 Å². The van der Waals surface area contributed by atoms with Crippen molar-refractivity contribution < 1.29 is 14.0 Å². The summed E-state index contributed by atoms with van der Waals surface area (Å²) in [5.41, 5.74) is 1.42. The van der Waals surface area contributed by atoms with E-state index in [0.717, 1.165) is 42.5 Å². The van der Waals surface area contributed by atoms with Crippen molar-refractivity contribution >= 4 is 54.7 Å². The summed E-state index contributed by atoms with van der Waals surface area (Å²) in [6.07, 6.45) is 2.92. The van der Waals surface area contributed by atoms with Crippen molar-refractivity contribution in [2.24, 2.45) is 4.99 Å². The minimum absolute atomic E-state index is 0.0255. The molecule has 0 unspecified atom stereocenters. The highest BCUT2D eigenvalue weighted by Crippen LogP contribution is 2.55. The molecule has 2 aliphatic heterocycles. The molecule has 33 heavy (non-hydrogen) atoms. The van der Waals surface area contributed by atoms with Crippen molar-refractivity contribution in [3.8, 4) is 0 Å². The standard InChI is InChI=1S/C23H29Cl2FN4O2Si/c1-22(2)15-11-27-19(29-20(31)23(7-6-8-23)33(3,4)5)14(15)12-30(22)21(32)28-18-16(24)9-13(26)10-17(18)25/h9-10H,6-8,11-12H2,1-5H3,(H,28,32)(H,27,29,31). The van der Waals surface area contributed by atoms with E-state index in [0.29, 0.717) is 18.9 Å². The van der Waals surface area contributed by atoms with Gasteiger partial charge in [0.1, 0.15) is 11.7 Å². The lowest BCUT2D eigenvalue weighted by atomic mass is 9.83. The zero-order chi connectivity index (χ0) is 24.3. The molecule has 6 nitrogen and oxygen atoms in total. The van der Waals surface area contributed by atoms with E-state index >= 15 is 0 Å². The molecule has 0 spiro atoms. The number of hydrogen-bond donors (Lipinski definition) is 2. The number of benzene rings is 1. The fraction of sp³-hybridized carbons (Fsp3) is 0.522. The summed E-state index contributed by atoms with van der Waals surface area (Å²) >= 11 is 12.2. The summed E-state index contributed by atoms with van der Waals surface area (Å²) in [4.78, 5) is 32.8. The van der Waals surface area contributed by atoms with E-state index in [4.69, 9.17) is 23.2 Å². The second-order valence-electron chi connectivity index (χ2n) is 10.6. The van der Waals surface area contributed by atoms with Gasteiger partial charge in [-0.2, -0.15) is 0 Å². The molecule has 2 heterocycles. The maximum Gasteiger partial charge on any atom is 0.322 e. The lowest BCUT2D eigenvalue weighted by Crippen LogP contribution is -2.55. The average molecular weight is 512 g/mol. The number of carbonyl (C=O) groups is 2. The van der Waals surface area contributed by atoms with Gasteiger partial charge in [-0.25, -0.2) is 9.18 Å². The first-order chi connectivity index (χ1) is 15.3. The van der Waals surface area contributed by atoms with Crippen LogP contribution in [0.5, 0.6) is 0 Å². The van der Waals surface area contributed by atoms with Gasteiger partial charge in [0.2, 0.25) is 5.91 Å². The maximum atomic E-state index is 13.5. The largest absolute Gasteiger partial charge is 0.322 e. The minimum atomic E-state index is -1.72. The summed E-state index contributed by atoms with van der Waals surface area (Å²) < 4.78 is 13.5. The first kappa shape index (κ1) is 24.2. The van der Waals surface area contributed by atoms with Crippen molar-refractivity contribution in [1.29, 1.82) is 0 Å². The van der Waals surface area contributed by atoms with E-state index in [9.17, 15) is 14.0 Å². The number of rotatable bonds is 3. The number of aliphatic imine (C=N–C) groups is 1. The number of halogens is 3. The fourth-order valence-corrected chi connectivity index (χ4v) is 8.25. The number of amides is 3. The van der Waals surface area contributed by atoms with Crippen molar-refractivity contribution in [1.82, 2.24) is 10.2 Å². The van der Waals surface area contributed by atoms with Gasteiger partial charge in [0.25, 0.3) is 0 Å². The lowest BCUT2D eigenvalue weighted by Gasteiger charge is -2.49. The Morgan fingerprint density at radius 2 is 1.73 bits per heavy atom. The Hall–Kier alpha value is -1.90. The molecule has 0 saturated heterocycles. The maximum absolute atomic E-state index is 13.5. The van der Waals surface area contributed by atoms with Gasteiger partial charge >= 0.3 is 6.03 Å². The van der Waals surface area contributed by atoms with Crippen LogP contribution in [0.25, 0.3) is 0 Å². The quantitative estimate of drug-likeness (QED) is 0.500. The monoisotopic (exact) mass is 510 g/mol. The molecule has 4 rings (SSSR count). The van der Waals surface area contributed by atoms with Gasteiger partial charge in [0, 0.05) is 10.6 Å². The van der Waals surface area contributed by atoms with E-state index < -0.39 is 25.5 Å². The Bertz CT molecular complexity index is 1080. The fourth-order valence-electron chi connectivity index (χ4n) is 5.10. The summed E-state index contributed by atoms with van der Waals surface area (Å²) in [7, 11) is -1.72. The topological polar surface area (TPSA) is 73.8 Å². The highest BCUT2D eigenvalue weighted by Gasteiger charge is 2.54. The Morgan fingerprint density at radius 3 is 2.24 bits per heavy atom. The molecule has 1 aliphatic carbocycles. The third kappa shape index (κ3) is 3.90. The number of carbonyl (C=O) groups excluding carboxylic acids is 2. The molecule has 1 saturated carbocycles. The van der Waals surface area contributed by atoms with E-state index in [1.165, 1.54) is 0 Å². The van der Waals surface area contributed by atoms with Crippen LogP contribution in [0.2, 0.25) is 34.7 Å². The Kier molecular flexibility index (Phi) is 5.95. The van der Waals surface area contributed by atoms with Crippen LogP contribution in [-0.4, -0.2) is 49.4 Å². The van der Waals surface area contributed by atoms with Gasteiger partial charge in [-0.3, -0.25) is 9.79 Å². The number of anilines is 1. The third-order valence-electron chi connectivity index (χ3n) is 7.57. The summed E-state index contributed by atoms with van der Waals surface area (Å²) in [6, 6.07) is 1.80. The number of urea groups is 1. The predicted molar refractivity (Wildman–Crippen MR) is 134 cm³/mol. The molecule has 1 aromatic rings. The van der Waals surface area contributed by atoms with Gasteiger partial charge in [0.05, 0.1) is 42.4 Å². The normalized spacial score (nSPS) is 20.8. The minimum Gasteiger partial charge on any atom is -0.311 e. The van der Waals surface area contributed by atoms with Gasteiger partial charge < -0.3 is 15.5 Å². The molecule has 2 N–H and O–H groups in total. The van der Waals surface area contributed by atoms with Crippen LogP contribution in [-0.2, 0) is 4.79 Å². The van der Waals surface area contributed by atoms with Crippen LogP contribution in [0.1, 0.15) is 33.1 Å². The van der Waals surface area contributed by atoms with Crippen LogP contribution >= 0.6 is 23.2 Å². The lowest BCUT2D eigenvalue weighted by molar-refractivity contribution is -0.125. The first-order valence-corrected chi connectivity index (χ1v) is 15.4. The molecular formula is C23H29Cl2FN4O2Si. The molecule has 0 atom stereocenters. The molecule has 0 bridgehead atoms. The molecule has 0 radical (unpaired) electrons. The second kappa shape index (κ2) is 8.10. The highest BCUT2D eigenvalue weighted by atomic mass is 35.5. The van der Waals surface area contributed by atoms with Crippen molar-refractivity contribution in [3.05, 3.63) is 39.1 Å². The smallest absolute Gasteiger partial charge is 0.311 e. The van der Waals surface area contributed by atoms with E-state index in [2.05, 4.69) is 35.3 Å². The van der Waals surface area contributed by atoms with Crippen LogP contribution in [0.15, 0.2) is 28.3 Å². The number of hydrogen-bond acceptors (Lipinski definition) is 3. The molecule has 1 fully saturated rings. The van der Waals surface area contributed by atoms with Crippen LogP contribution in [0.3, 0.4) is 0 Å². The number of nitrogens with one attached hydrogen (secondary N) is 2. The average Bonchev–Trinajstić information content (AvgIpc) is 3.14. The number of nitrogens with zero attached hydrogens (tertiary/aromatic N) is 2. The van der Waals surface area contributed by atoms with E-state index in [1.54, 1.807) is 4.90 Å². The molecule has 178 valence electrons. The zero-order valence-electron chi connectivity index (χ0n) is 19.5. The van der Waals surface area contributed by atoms with Gasteiger partial charge in [-0.05, 0) is 44.4 Å². The van der Waals surface area contributed by atoms with Crippen molar-refractivity contribution in [2.45, 2.75) is 63.3 Å². The third-order valence-corrected chi connectivity index (χ3v) is 11.8. The Balaban J connectivity index is 1.52. The number of amidine groups is 1. The molecular weight excluding hydrogens is 482 g/mol. The molecule has 3 aliphatic rings. The van der Waals surface area contributed by atoms with Crippen LogP contribution < -0.4 is 10.6 Å². The Morgan fingerprint density at radius 1 is 1.12 bits per heavy atom. The van der Waals surface area contributed by atoms with Gasteiger partial charge in [-0.15, -0.1) is 0 Å².